The molecule has 0 saturated carbocycles. The molecule has 0 spiro atoms. The van der Waals surface area contributed by atoms with Gasteiger partial charge in [0.2, 0.25) is 0 Å². The maximum absolute atomic E-state index is 5.79. The Hall–Kier alpha value is -2.22. The fourth-order valence-electron chi connectivity index (χ4n) is 2.16. The molecule has 0 atom stereocenters. The Bertz CT molecular complexity index is 693. The number of rotatable bonds is 3. The number of ether oxygens (including phenoxy) is 1. The zero-order chi connectivity index (χ0) is 13.2. The average Bonchev–Trinajstić information content (AvgIpc) is 2.83. The summed E-state index contributed by atoms with van der Waals surface area (Å²) < 4.78 is 11.4. The predicted octanol–water partition coefficient (Wildman–Crippen LogP) is 4.63. The van der Waals surface area contributed by atoms with Gasteiger partial charge in [-0.25, -0.2) is 0 Å². The molecule has 19 heavy (non-hydrogen) atoms. The molecule has 96 valence electrons. The van der Waals surface area contributed by atoms with Crippen LogP contribution in [0.4, 0.5) is 0 Å². The molecule has 0 aliphatic rings. The van der Waals surface area contributed by atoms with Gasteiger partial charge in [-0.3, -0.25) is 0 Å². The smallest absolute Gasteiger partial charge is 0.137 e. The van der Waals surface area contributed by atoms with Gasteiger partial charge < -0.3 is 9.15 Å². The standard InChI is InChI=1S/C17H16O2/c1-12-6-8-15(9-7-12)18-10-14-11-19-17-13(2)4-3-5-16(14)17/h3-9,11H,10H2,1-2H3. The second-order valence-corrected chi connectivity index (χ2v) is 4.81. The fourth-order valence-corrected chi connectivity index (χ4v) is 2.16. The van der Waals surface area contributed by atoms with Gasteiger partial charge in [0, 0.05) is 10.9 Å². The molecule has 0 aliphatic heterocycles. The minimum atomic E-state index is 0.527. The molecule has 0 aliphatic carbocycles. The minimum Gasteiger partial charge on any atom is -0.489 e. The quantitative estimate of drug-likeness (QED) is 0.678. The van der Waals surface area contributed by atoms with Crippen molar-refractivity contribution in [1.29, 1.82) is 0 Å². The third-order valence-corrected chi connectivity index (χ3v) is 3.29. The van der Waals surface area contributed by atoms with Gasteiger partial charge >= 0.3 is 0 Å². The van der Waals surface area contributed by atoms with Crippen LogP contribution in [0.15, 0.2) is 53.1 Å². The van der Waals surface area contributed by atoms with Gasteiger partial charge in [-0.1, -0.05) is 35.9 Å². The highest BCUT2D eigenvalue weighted by Gasteiger charge is 2.07. The van der Waals surface area contributed by atoms with E-state index in [1.165, 1.54) is 5.56 Å². The minimum absolute atomic E-state index is 0.527. The van der Waals surface area contributed by atoms with Crippen molar-refractivity contribution in [3.05, 3.63) is 65.4 Å². The summed E-state index contributed by atoms with van der Waals surface area (Å²) in [6.45, 7) is 4.64. The molecule has 0 unspecified atom stereocenters. The highest BCUT2D eigenvalue weighted by Crippen LogP contribution is 2.25. The van der Waals surface area contributed by atoms with E-state index in [1.54, 1.807) is 6.26 Å². The van der Waals surface area contributed by atoms with Gasteiger partial charge in [0.25, 0.3) is 0 Å². The van der Waals surface area contributed by atoms with Crippen LogP contribution in [0.25, 0.3) is 11.0 Å². The van der Waals surface area contributed by atoms with Crippen LogP contribution in [0.1, 0.15) is 16.7 Å². The molecular weight excluding hydrogens is 236 g/mol. The molecule has 3 rings (SSSR count). The van der Waals surface area contributed by atoms with E-state index >= 15 is 0 Å². The number of benzene rings is 2. The van der Waals surface area contributed by atoms with E-state index in [-0.39, 0.29) is 0 Å². The summed E-state index contributed by atoms with van der Waals surface area (Å²) in [5.74, 6) is 0.882. The van der Waals surface area contributed by atoms with E-state index in [2.05, 4.69) is 26.0 Å². The Kier molecular flexibility index (Phi) is 3.00. The summed E-state index contributed by atoms with van der Waals surface area (Å²) in [4.78, 5) is 0. The van der Waals surface area contributed by atoms with Crippen LogP contribution in [-0.4, -0.2) is 0 Å². The number of hydrogen-bond donors (Lipinski definition) is 0. The molecule has 0 amide bonds. The summed E-state index contributed by atoms with van der Waals surface area (Å²) in [6.07, 6.45) is 1.78. The Morgan fingerprint density at radius 1 is 1.00 bits per heavy atom. The Morgan fingerprint density at radius 3 is 2.58 bits per heavy atom. The molecule has 3 aromatic rings. The summed E-state index contributed by atoms with van der Waals surface area (Å²) in [7, 11) is 0. The van der Waals surface area contributed by atoms with Crippen molar-refractivity contribution in [3.63, 3.8) is 0 Å². The van der Waals surface area contributed by atoms with Crippen molar-refractivity contribution in [3.8, 4) is 5.75 Å². The van der Waals surface area contributed by atoms with Gasteiger partial charge in [-0.15, -0.1) is 0 Å². The highest BCUT2D eigenvalue weighted by atomic mass is 16.5. The van der Waals surface area contributed by atoms with Gasteiger partial charge in [0.05, 0.1) is 6.26 Å². The third-order valence-electron chi connectivity index (χ3n) is 3.29. The summed E-state index contributed by atoms with van der Waals surface area (Å²) in [6, 6.07) is 14.2. The van der Waals surface area contributed by atoms with Gasteiger partial charge in [-0.2, -0.15) is 0 Å². The average molecular weight is 252 g/mol. The highest BCUT2D eigenvalue weighted by molar-refractivity contribution is 5.83. The Labute approximate surface area is 112 Å². The molecule has 0 N–H and O–H groups in total. The van der Waals surface area contributed by atoms with E-state index in [4.69, 9.17) is 9.15 Å². The maximum Gasteiger partial charge on any atom is 0.137 e. The molecule has 0 saturated heterocycles. The second kappa shape index (κ2) is 4.81. The Morgan fingerprint density at radius 2 is 1.79 bits per heavy atom. The number of aryl methyl sites for hydroxylation is 2. The molecule has 2 heteroatoms. The SMILES string of the molecule is Cc1ccc(OCc2coc3c(C)cccc23)cc1. The topological polar surface area (TPSA) is 22.4 Å². The van der Waals surface area contributed by atoms with E-state index in [1.807, 2.05) is 30.3 Å². The molecule has 0 bridgehead atoms. The first-order valence-corrected chi connectivity index (χ1v) is 6.39. The number of fused-ring (bicyclic) bond motifs is 1. The monoisotopic (exact) mass is 252 g/mol. The first-order chi connectivity index (χ1) is 9.24. The largest absolute Gasteiger partial charge is 0.489 e. The molecule has 1 aromatic heterocycles. The lowest BCUT2D eigenvalue weighted by Gasteiger charge is -2.05. The van der Waals surface area contributed by atoms with Crippen LogP contribution < -0.4 is 4.74 Å². The van der Waals surface area contributed by atoms with Gasteiger partial charge in [0.1, 0.15) is 17.9 Å². The zero-order valence-corrected chi connectivity index (χ0v) is 11.1. The molecule has 0 radical (unpaired) electrons. The Balaban J connectivity index is 1.82. The number of para-hydroxylation sites is 1. The first kappa shape index (κ1) is 11.8. The molecule has 0 fully saturated rings. The normalized spacial score (nSPS) is 10.8. The van der Waals surface area contributed by atoms with Crippen LogP contribution in [0.5, 0.6) is 5.75 Å². The number of hydrogen-bond acceptors (Lipinski definition) is 2. The lowest BCUT2D eigenvalue weighted by atomic mass is 10.1. The molecule has 2 aromatic carbocycles. The van der Waals surface area contributed by atoms with Crippen molar-refractivity contribution in [2.24, 2.45) is 0 Å². The lowest BCUT2D eigenvalue weighted by molar-refractivity contribution is 0.306. The fraction of sp³-hybridized carbons (Fsp3) is 0.176. The van der Waals surface area contributed by atoms with E-state index in [9.17, 15) is 0 Å². The predicted molar refractivity (Wildman–Crippen MR) is 76.5 cm³/mol. The van der Waals surface area contributed by atoms with Crippen molar-refractivity contribution >= 4 is 11.0 Å². The summed E-state index contributed by atoms with van der Waals surface area (Å²) in [5, 5.41) is 1.13. The lowest BCUT2D eigenvalue weighted by Crippen LogP contribution is -1.94. The van der Waals surface area contributed by atoms with E-state index in [0.29, 0.717) is 6.61 Å². The van der Waals surface area contributed by atoms with Crippen LogP contribution in [0.3, 0.4) is 0 Å². The van der Waals surface area contributed by atoms with Crippen LogP contribution in [0.2, 0.25) is 0 Å². The van der Waals surface area contributed by atoms with Crippen molar-refractivity contribution in [1.82, 2.24) is 0 Å². The van der Waals surface area contributed by atoms with Gasteiger partial charge in [0.15, 0.2) is 0 Å². The van der Waals surface area contributed by atoms with Crippen LogP contribution >= 0.6 is 0 Å². The third kappa shape index (κ3) is 2.34. The van der Waals surface area contributed by atoms with Crippen LogP contribution in [0, 0.1) is 13.8 Å². The van der Waals surface area contributed by atoms with E-state index < -0.39 is 0 Å². The molecular formula is C17H16O2. The summed E-state index contributed by atoms with van der Waals surface area (Å²) in [5.41, 5.74) is 4.42. The van der Waals surface area contributed by atoms with E-state index in [0.717, 1.165) is 27.8 Å². The first-order valence-electron chi connectivity index (χ1n) is 6.39. The van der Waals surface area contributed by atoms with Crippen molar-refractivity contribution < 1.29 is 9.15 Å². The van der Waals surface area contributed by atoms with Crippen molar-refractivity contribution in [2.45, 2.75) is 20.5 Å². The zero-order valence-electron chi connectivity index (χ0n) is 11.1. The summed E-state index contributed by atoms with van der Waals surface area (Å²) >= 11 is 0. The number of furan rings is 1. The van der Waals surface area contributed by atoms with Crippen molar-refractivity contribution in [2.75, 3.05) is 0 Å². The van der Waals surface area contributed by atoms with Gasteiger partial charge in [-0.05, 0) is 31.5 Å². The maximum atomic E-state index is 5.79. The second-order valence-electron chi connectivity index (χ2n) is 4.81. The molecule has 1 heterocycles. The molecule has 2 nitrogen and oxygen atoms in total. The van der Waals surface area contributed by atoms with Crippen LogP contribution in [-0.2, 0) is 6.61 Å².